The fourth-order valence-corrected chi connectivity index (χ4v) is 4.42. The molecule has 0 N–H and O–H groups in total. The van der Waals surface area contributed by atoms with E-state index in [4.69, 9.17) is 21.1 Å². The maximum absolute atomic E-state index is 13.1. The summed E-state index contributed by atoms with van der Waals surface area (Å²) in [5.74, 6) is 0.423. The fourth-order valence-electron chi connectivity index (χ4n) is 4.23. The van der Waals surface area contributed by atoms with E-state index in [1.165, 1.54) is 6.20 Å². The molecule has 4 rings (SSSR count). The summed E-state index contributed by atoms with van der Waals surface area (Å²) in [6, 6.07) is 12.9. The molecule has 1 aliphatic rings. The number of carbonyl (C=O) groups is 2. The molecular weight excluding hydrogens is 468 g/mol. The summed E-state index contributed by atoms with van der Waals surface area (Å²) in [7, 11) is 1.65. The highest BCUT2D eigenvalue weighted by Crippen LogP contribution is 2.25. The molecule has 184 valence electrons. The molecule has 0 atom stereocenters. The molecule has 9 heteroatoms. The second-order valence-corrected chi connectivity index (χ2v) is 8.78. The van der Waals surface area contributed by atoms with Crippen LogP contribution in [0.1, 0.15) is 38.9 Å². The smallest absolute Gasteiger partial charge is 0.341 e. The van der Waals surface area contributed by atoms with Crippen molar-refractivity contribution < 1.29 is 19.1 Å². The zero-order valence-electron chi connectivity index (χ0n) is 20.2. The number of hydrogen-bond donors (Lipinski definition) is 0. The van der Waals surface area contributed by atoms with Crippen molar-refractivity contribution in [3.63, 3.8) is 0 Å². The lowest BCUT2D eigenvalue weighted by atomic mass is 10.1. The highest BCUT2D eigenvalue weighted by atomic mass is 35.5. The van der Waals surface area contributed by atoms with Crippen LogP contribution in [0.25, 0.3) is 5.69 Å². The van der Waals surface area contributed by atoms with Gasteiger partial charge in [-0.1, -0.05) is 11.6 Å². The van der Waals surface area contributed by atoms with Crippen LogP contribution in [0.3, 0.4) is 0 Å². The third kappa shape index (κ3) is 5.49. The molecule has 2 heterocycles. The number of rotatable bonds is 7. The standard InChI is InChI=1S/C26H29ClN4O4/c1-4-35-26(33)23-16-28-31(18(23)2)22-8-5-19(6-9-22)25(32)30-13-11-29(12-14-30)17-20-15-21(27)7-10-24(20)34-3/h5-10,15-16H,4,11-14,17H2,1-3H3. The van der Waals surface area contributed by atoms with Gasteiger partial charge < -0.3 is 14.4 Å². The Morgan fingerprint density at radius 3 is 2.43 bits per heavy atom. The highest BCUT2D eigenvalue weighted by Gasteiger charge is 2.23. The van der Waals surface area contributed by atoms with Gasteiger partial charge in [-0.3, -0.25) is 9.69 Å². The lowest BCUT2D eigenvalue weighted by Gasteiger charge is -2.35. The van der Waals surface area contributed by atoms with Crippen molar-refractivity contribution in [1.82, 2.24) is 19.6 Å². The number of halogens is 1. The molecule has 1 saturated heterocycles. The summed E-state index contributed by atoms with van der Waals surface area (Å²) in [6.45, 7) is 7.43. The number of benzene rings is 2. The molecule has 8 nitrogen and oxygen atoms in total. The topological polar surface area (TPSA) is 76.9 Å². The number of methoxy groups -OCH3 is 1. The first-order valence-electron chi connectivity index (χ1n) is 11.6. The van der Waals surface area contributed by atoms with E-state index in [1.807, 2.05) is 42.2 Å². The van der Waals surface area contributed by atoms with Crippen LogP contribution < -0.4 is 4.74 Å². The van der Waals surface area contributed by atoms with E-state index in [-0.39, 0.29) is 5.91 Å². The minimum absolute atomic E-state index is 0.000867. The van der Waals surface area contributed by atoms with Gasteiger partial charge in [0, 0.05) is 48.9 Å². The van der Waals surface area contributed by atoms with E-state index >= 15 is 0 Å². The Bertz CT molecular complexity index is 1200. The quantitative estimate of drug-likeness (QED) is 0.460. The number of esters is 1. The number of nitrogens with zero attached hydrogens (tertiary/aromatic N) is 4. The van der Waals surface area contributed by atoms with Gasteiger partial charge in [-0.25, -0.2) is 9.48 Å². The van der Waals surface area contributed by atoms with Crippen molar-refractivity contribution in [2.45, 2.75) is 20.4 Å². The van der Waals surface area contributed by atoms with Crippen LogP contribution in [0.15, 0.2) is 48.7 Å². The second-order valence-electron chi connectivity index (χ2n) is 8.35. The van der Waals surface area contributed by atoms with Gasteiger partial charge in [0.05, 0.1) is 31.3 Å². The second kappa shape index (κ2) is 10.9. The summed E-state index contributed by atoms with van der Waals surface area (Å²) in [4.78, 5) is 29.3. The van der Waals surface area contributed by atoms with E-state index in [9.17, 15) is 9.59 Å². The Balaban J connectivity index is 1.37. The predicted molar refractivity (Wildman–Crippen MR) is 133 cm³/mol. The van der Waals surface area contributed by atoms with Crippen molar-refractivity contribution in [3.05, 3.63) is 76.1 Å². The van der Waals surface area contributed by atoms with E-state index in [2.05, 4.69) is 10.00 Å². The van der Waals surface area contributed by atoms with Crippen molar-refractivity contribution in [3.8, 4) is 11.4 Å². The molecule has 1 amide bonds. The van der Waals surface area contributed by atoms with Gasteiger partial charge in [0.1, 0.15) is 11.3 Å². The van der Waals surface area contributed by atoms with Gasteiger partial charge in [-0.05, 0) is 56.3 Å². The molecule has 0 aliphatic carbocycles. The lowest BCUT2D eigenvalue weighted by molar-refractivity contribution is 0.0525. The monoisotopic (exact) mass is 496 g/mol. The normalized spacial score (nSPS) is 14.1. The molecule has 0 bridgehead atoms. The van der Waals surface area contributed by atoms with E-state index in [0.717, 1.165) is 36.6 Å². The number of hydrogen-bond acceptors (Lipinski definition) is 6. The van der Waals surface area contributed by atoms with Crippen molar-refractivity contribution in [2.75, 3.05) is 39.9 Å². The van der Waals surface area contributed by atoms with Crippen LogP contribution in [0, 0.1) is 6.92 Å². The minimum atomic E-state index is -0.393. The van der Waals surface area contributed by atoms with Crippen LogP contribution in [0.5, 0.6) is 5.75 Å². The number of amides is 1. The first kappa shape index (κ1) is 24.8. The molecular formula is C26H29ClN4O4. The first-order chi connectivity index (χ1) is 16.9. The van der Waals surface area contributed by atoms with Gasteiger partial charge in [0.15, 0.2) is 0 Å². The number of piperazine rings is 1. The van der Waals surface area contributed by atoms with Gasteiger partial charge in [0.2, 0.25) is 0 Å². The zero-order valence-corrected chi connectivity index (χ0v) is 20.9. The van der Waals surface area contributed by atoms with Gasteiger partial charge in [-0.2, -0.15) is 5.10 Å². The molecule has 3 aromatic rings. The number of ether oxygens (including phenoxy) is 2. The van der Waals surface area contributed by atoms with Crippen LogP contribution in [0.2, 0.25) is 5.02 Å². The largest absolute Gasteiger partial charge is 0.496 e. The van der Waals surface area contributed by atoms with Crippen molar-refractivity contribution in [2.24, 2.45) is 0 Å². The van der Waals surface area contributed by atoms with Crippen molar-refractivity contribution >= 4 is 23.5 Å². The molecule has 0 radical (unpaired) electrons. The summed E-state index contributed by atoms with van der Waals surface area (Å²) < 4.78 is 12.2. The number of carbonyl (C=O) groups excluding carboxylic acids is 2. The van der Waals surface area contributed by atoms with E-state index < -0.39 is 5.97 Å². The Kier molecular flexibility index (Phi) is 7.73. The molecule has 2 aromatic carbocycles. The third-order valence-corrected chi connectivity index (χ3v) is 6.39. The molecule has 35 heavy (non-hydrogen) atoms. The van der Waals surface area contributed by atoms with E-state index in [1.54, 1.807) is 30.8 Å². The molecule has 1 aromatic heterocycles. The SMILES string of the molecule is CCOC(=O)c1cnn(-c2ccc(C(=O)N3CCN(Cc4cc(Cl)ccc4OC)CC3)cc2)c1C. The molecule has 1 aliphatic heterocycles. The zero-order chi connectivity index (χ0) is 24.9. The Morgan fingerprint density at radius 2 is 1.77 bits per heavy atom. The van der Waals surface area contributed by atoms with Crippen LogP contribution >= 0.6 is 11.6 Å². The molecule has 0 spiro atoms. The van der Waals surface area contributed by atoms with Crippen molar-refractivity contribution in [1.29, 1.82) is 0 Å². The van der Waals surface area contributed by atoms with Gasteiger partial charge >= 0.3 is 5.97 Å². The summed E-state index contributed by atoms with van der Waals surface area (Å²) in [5.41, 5.74) is 3.55. The van der Waals surface area contributed by atoms with Gasteiger partial charge in [-0.15, -0.1) is 0 Å². The minimum Gasteiger partial charge on any atom is -0.496 e. The molecule has 0 unspecified atom stereocenters. The Hall–Kier alpha value is -3.36. The van der Waals surface area contributed by atoms with Crippen LogP contribution in [-0.4, -0.2) is 71.4 Å². The molecule has 0 saturated carbocycles. The first-order valence-corrected chi connectivity index (χ1v) is 11.9. The van der Waals surface area contributed by atoms with E-state index in [0.29, 0.717) is 41.5 Å². The predicted octanol–water partition coefficient (Wildman–Crippen LogP) is 3.98. The summed E-state index contributed by atoms with van der Waals surface area (Å²) in [6.07, 6.45) is 1.50. The molecule has 1 fully saturated rings. The lowest BCUT2D eigenvalue weighted by Crippen LogP contribution is -2.48. The summed E-state index contributed by atoms with van der Waals surface area (Å²) >= 11 is 6.16. The maximum atomic E-state index is 13.1. The number of aromatic nitrogens is 2. The van der Waals surface area contributed by atoms with Gasteiger partial charge in [0.25, 0.3) is 5.91 Å². The Morgan fingerprint density at radius 1 is 1.06 bits per heavy atom. The maximum Gasteiger partial charge on any atom is 0.341 e. The average molecular weight is 497 g/mol. The fraction of sp³-hybridized carbons (Fsp3) is 0.346. The Labute approximate surface area is 210 Å². The average Bonchev–Trinajstić information content (AvgIpc) is 3.26. The highest BCUT2D eigenvalue weighted by molar-refractivity contribution is 6.30. The third-order valence-electron chi connectivity index (χ3n) is 6.16. The van der Waals surface area contributed by atoms with Crippen LogP contribution in [-0.2, 0) is 11.3 Å². The van der Waals surface area contributed by atoms with Crippen LogP contribution in [0.4, 0.5) is 0 Å². The summed E-state index contributed by atoms with van der Waals surface area (Å²) in [5, 5.41) is 4.99.